The number of halogens is 1. The van der Waals surface area contributed by atoms with E-state index >= 15 is 0 Å². The quantitative estimate of drug-likeness (QED) is 0.683. The molecule has 2 unspecified atom stereocenters. The van der Waals surface area contributed by atoms with Gasteiger partial charge in [0.15, 0.2) is 0 Å². The first-order valence-corrected chi connectivity index (χ1v) is 7.09. The monoisotopic (exact) mass is 296 g/mol. The summed E-state index contributed by atoms with van der Waals surface area (Å²) in [6, 6.07) is 4.10. The van der Waals surface area contributed by atoms with Crippen molar-refractivity contribution in [1.29, 1.82) is 0 Å². The topological polar surface area (TPSA) is 72.2 Å². The molecule has 1 aromatic rings. The van der Waals surface area contributed by atoms with Crippen LogP contribution in [0.1, 0.15) is 36.5 Å². The highest BCUT2D eigenvalue weighted by Gasteiger charge is 2.24. The molecule has 2 rings (SSSR count). The van der Waals surface area contributed by atoms with Crippen LogP contribution < -0.4 is 5.32 Å². The van der Waals surface area contributed by atoms with Crippen LogP contribution in [0, 0.1) is 22.0 Å². The second-order valence-corrected chi connectivity index (χ2v) is 5.71. The summed E-state index contributed by atoms with van der Waals surface area (Å²) >= 11 is 5.72. The highest BCUT2D eigenvalue weighted by molar-refractivity contribution is 6.32. The van der Waals surface area contributed by atoms with Crippen LogP contribution in [0.4, 0.5) is 5.69 Å². The molecule has 1 N–H and O–H groups in total. The molecular formula is C14H17ClN2O3. The molecule has 0 heterocycles. The van der Waals surface area contributed by atoms with Crippen LogP contribution in [0.25, 0.3) is 0 Å². The number of nitrogens with zero attached hydrogens (tertiary/aromatic N) is 1. The van der Waals surface area contributed by atoms with Gasteiger partial charge in [-0.1, -0.05) is 31.4 Å². The summed E-state index contributed by atoms with van der Waals surface area (Å²) in [6.45, 7) is 2.81. The zero-order chi connectivity index (χ0) is 14.7. The normalized spacial score (nSPS) is 21.7. The Morgan fingerprint density at radius 2 is 2.25 bits per heavy atom. The smallest absolute Gasteiger partial charge is 0.288 e. The summed E-state index contributed by atoms with van der Waals surface area (Å²) in [5.41, 5.74) is 0.0281. The summed E-state index contributed by atoms with van der Waals surface area (Å²) < 4.78 is 0. The number of nitro groups is 1. The van der Waals surface area contributed by atoms with Crippen molar-refractivity contribution in [3.05, 3.63) is 38.9 Å². The van der Waals surface area contributed by atoms with Gasteiger partial charge in [-0.15, -0.1) is 0 Å². The average Bonchev–Trinajstić information content (AvgIpc) is 2.81. The van der Waals surface area contributed by atoms with Crippen molar-refractivity contribution < 1.29 is 9.72 Å². The van der Waals surface area contributed by atoms with E-state index < -0.39 is 4.92 Å². The summed E-state index contributed by atoms with van der Waals surface area (Å²) in [4.78, 5) is 22.2. The van der Waals surface area contributed by atoms with E-state index in [0.29, 0.717) is 18.4 Å². The molecule has 1 saturated carbocycles. The van der Waals surface area contributed by atoms with Gasteiger partial charge < -0.3 is 5.32 Å². The number of nitrogens with one attached hydrogen (secondary N) is 1. The molecule has 0 bridgehead atoms. The van der Waals surface area contributed by atoms with E-state index in [1.54, 1.807) is 0 Å². The molecule has 1 aliphatic rings. The molecule has 5 nitrogen and oxygen atoms in total. The molecule has 6 heteroatoms. The Hall–Kier alpha value is -1.62. The SMILES string of the molecule is CC1CCCC1CNC(=O)c1ccc(Cl)c([N+](=O)[O-])c1. The number of carbonyl (C=O) groups excluding carboxylic acids is 1. The summed E-state index contributed by atoms with van der Waals surface area (Å²) in [6.07, 6.45) is 3.53. The fourth-order valence-corrected chi connectivity index (χ4v) is 2.83. The molecule has 1 amide bonds. The highest BCUT2D eigenvalue weighted by Crippen LogP contribution is 2.30. The van der Waals surface area contributed by atoms with E-state index in [0.717, 1.165) is 6.42 Å². The van der Waals surface area contributed by atoms with Crippen LogP contribution in [0.3, 0.4) is 0 Å². The molecule has 1 fully saturated rings. The molecule has 0 aliphatic heterocycles. The van der Waals surface area contributed by atoms with Gasteiger partial charge in [0.25, 0.3) is 11.6 Å². The van der Waals surface area contributed by atoms with E-state index in [1.165, 1.54) is 31.0 Å². The second kappa shape index (κ2) is 6.22. The molecule has 0 aromatic heterocycles. The van der Waals surface area contributed by atoms with Gasteiger partial charge in [0.2, 0.25) is 0 Å². The number of hydrogen-bond donors (Lipinski definition) is 1. The van der Waals surface area contributed by atoms with Crippen LogP contribution in [-0.2, 0) is 0 Å². The lowest BCUT2D eigenvalue weighted by Gasteiger charge is -2.15. The minimum absolute atomic E-state index is 0.0379. The van der Waals surface area contributed by atoms with Crippen molar-refractivity contribution in [3.8, 4) is 0 Å². The number of benzene rings is 1. The molecule has 0 saturated heterocycles. The Labute approximate surface area is 122 Å². The first-order chi connectivity index (χ1) is 9.49. The number of rotatable bonds is 4. The summed E-state index contributed by atoms with van der Waals surface area (Å²) in [5.74, 6) is 0.833. The molecule has 1 aromatic carbocycles. The summed E-state index contributed by atoms with van der Waals surface area (Å²) in [7, 11) is 0. The fourth-order valence-electron chi connectivity index (χ4n) is 2.65. The van der Waals surface area contributed by atoms with Gasteiger partial charge in [0.1, 0.15) is 5.02 Å². The van der Waals surface area contributed by atoms with Crippen LogP contribution in [0.5, 0.6) is 0 Å². The van der Waals surface area contributed by atoms with Gasteiger partial charge in [-0.3, -0.25) is 14.9 Å². The molecule has 0 radical (unpaired) electrons. The third-order valence-electron chi connectivity index (χ3n) is 3.97. The molecule has 2 atom stereocenters. The van der Waals surface area contributed by atoms with Crippen LogP contribution in [-0.4, -0.2) is 17.4 Å². The maximum absolute atomic E-state index is 12.0. The molecule has 108 valence electrons. The lowest BCUT2D eigenvalue weighted by molar-refractivity contribution is -0.384. The van der Waals surface area contributed by atoms with E-state index in [1.807, 2.05) is 0 Å². The third-order valence-corrected chi connectivity index (χ3v) is 4.29. The lowest BCUT2D eigenvalue weighted by atomic mass is 9.98. The Morgan fingerprint density at radius 3 is 2.85 bits per heavy atom. The van der Waals surface area contributed by atoms with Gasteiger partial charge in [-0.25, -0.2) is 0 Å². The van der Waals surface area contributed by atoms with Gasteiger partial charge in [-0.05, 0) is 30.4 Å². The Kier molecular flexibility index (Phi) is 4.60. The Bertz CT molecular complexity index is 533. The van der Waals surface area contributed by atoms with E-state index in [4.69, 9.17) is 11.6 Å². The van der Waals surface area contributed by atoms with E-state index in [-0.39, 0.29) is 22.2 Å². The minimum atomic E-state index is -0.585. The van der Waals surface area contributed by atoms with Crippen molar-refractivity contribution in [3.63, 3.8) is 0 Å². The maximum atomic E-state index is 12.0. The number of carbonyl (C=O) groups is 1. The van der Waals surface area contributed by atoms with Crippen LogP contribution >= 0.6 is 11.6 Å². The molecular weight excluding hydrogens is 280 g/mol. The van der Waals surface area contributed by atoms with Crippen molar-refractivity contribution in [1.82, 2.24) is 5.32 Å². The zero-order valence-corrected chi connectivity index (χ0v) is 12.0. The number of nitro benzene ring substituents is 1. The van der Waals surface area contributed by atoms with Gasteiger partial charge in [-0.2, -0.15) is 0 Å². The predicted octanol–water partition coefficient (Wildman–Crippen LogP) is 3.41. The van der Waals surface area contributed by atoms with E-state index in [2.05, 4.69) is 12.2 Å². The number of amides is 1. The maximum Gasteiger partial charge on any atom is 0.288 e. The first kappa shape index (κ1) is 14.8. The van der Waals surface area contributed by atoms with Gasteiger partial charge >= 0.3 is 0 Å². The third kappa shape index (κ3) is 3.28. The summed E-state index contributed by atoms with van der Waals surface area (Å²) in [5, 5.41) is 13.7. The van der Waals surface area contributed by atoms with Crippen LogP contribution in [0.15, 0.2) is 18.2 Å². The average molecular weight is 297 g/mol. The van der Waals surface area contributed by atoms with Gasteiger partial charge in [0, 0.05) is 18.2 Å². The van der Waals surface area contributed by atoms with Crippen molar-refractivity contribution in [2.24, 2.45) is 11.8 Å². The standard InChI is InChI=1S/C14H17ClN2O3/c1-9-3-2-4-11(9)8-16-14(18)10-5-6-12(15)13(7-10)17(19)20/h5-7,9,11H,2-4,8H2,1H3,(H,16,18). The largest absolute Gasteiger partial charge is 0.352 e. The molecule has 20 heavy (non-hydrogen) atoms. The highest BCUT2D eigenvalue weighted by atomic mass is 35.5. The predicted molar refractivity (Wildman–Crippen MR) is 76.9 cm³/mol. The lowest BCUT2D eigenvalue weighted by Crippen LogP contribution is -2.30. The van der Waals surface area contributed by atoms with Crippen LogP contribution in [0.2, 0.25) is 5.02 Å². The van der Waals surface area contributed by atoms with Crippen molar-refractivity contribution in [2.75, 3.05) is 6.54 Å². The zero-order valence-electron chi connectivity index (χ0n) is 11.3. The number of hydrogen-bond acceptors (Lipinski definition) is 3. The minimum Gasteiger partial charge on any atom is -0.352 e. The fraction of sp³-hybridized carbons (Fsp3) is 0.500. The van der Waals surface area contributed by atoms with E-state index in [9.17, 15) is 14.9 Å². The molecule has 0 spiro atoms. The molecule has 1 aliphatic carbocycles. The first-order valence-electron chi connectivity index (χ1n) is 6.71. The van der Waals surface area contributed by atoms with Gasteiger partial charge in [0.05, 0.1) is 4.92 Å². The van der Waals surface area contributed by atoms with Crippen molar-refractivity contribution >= 4 is 23.2 Å². The van der Waals surface area contributed by atoms with Crippen molar-refractivity contribution in [2.45, 2.75) is 26.2 Å². The second-order valence-electron chi connectivity index (χ2n) is 5.30. The Balaban J connectivity index is 2.02. The Morgan fingerprint density at radius 1 is 1.50 bits per heavy atom.